The molecular weight excluding hydrogens is 155 g/mol. The Labute approximate surface area is 70.5 Å². The predicted octanol–water partition coefficient (Wildman–Crippen LogP) is 2.78. The van der Waals surface area contributed by atoms with Crippen molar-refractivity contribution in [2.45, 2.75) is 13.3 Å². The molecule has 0 bridgehead atoms. The zero-order valence-corrected chi connectivity index (χ0v) is 6.75. The molecule has 1 nitrogen and oxygen atoms in total. The molecule has 12 heavy (non-hydrogen) atoms. The van der Waals surface area contributed by atoms with Crippen LogP contribution in [0.3, 0.4) is 0 Å². The second kappa shape index (κ2) is 2.63. The average Bonchev–Trinajstić information content (AvgIpc) is 2.04. The molecule has 0 aliphatic carbocycles. The normalized spacial score (nSPS) is 20.8. The van der Waals surface area contributed by atoms with Crippen molar-refractivity contribution in [3.63, 3.8) is 0 Å². The van der Waals surface area contributed by atoms with Crippen LogP contribution < -0.4 is 4.74 Å². The molecule has 0 aromatic heterocycles. The average molecular weight is 164 g/mol. The minimum absolute atomic E-state index is 0.630. The number of para-hydroxylation sites is 1. The highest BCUT2D eigenvalue weighted by molar-refractivity contribution is 5.70. The lowest BCUT2D eigenvalue weighted by atomic mass is 10.0. The number of benzene rings is 1. The van der Waals surface area contributed by atoms with Crippen molar-refractivity contribution in [2.75, 3.05) is 0 Å². The number of allylic oxidation sites excluding steroid dienone is 1. The third-order valence-corrected chi connectivity index (χ3v) is 1.93. The van der Waals surface area contributed by atoms with Crippen molar-refractivity contribution in [1.29, 1.82) is 0 Å². The number of hydrogen-bond donors (Lipinski definition) is 0. The summed E-state index contributed by atoms with van der Waals surface area (Å²) < 4.78 is 17.8. The van der Waals surface area contributed by atoms with Gasteiger partial charge in [0.2, 0.25) is 0 Å². The first-order valence-electron chi connectivity index (χ1n) is 3.86. The van der Waals surface area contributed by atoms with E-state index in [2.05, 4.69) is 0 Å². The molecule has 0 saturated carbocycles. The van der Waals surface area contributed by atoms with Gasteiger partial charge in [-0.1, -0.05) is 18.2 Å². The first-order chi connectivity index (χ1) is 5.77. The van der Waals surface area contributed by atoms with Gasteiger partial charge in [0.1, 0.15) is 5.75 Å². The number of ether oxygens (including phenoxy) is 1. The molecule has 0 amide bonds. The van der Waals surface area contributed by atoms with E-state index < -0.39 is 6.36 Å². The maximum Gasteiger partial charge on any atom is 0.258 e. The lowest BCUT2D eigenvalue weighted by Crippen LogP contribution is -2.12. The Morgan fingerprint density at radius 3 is 2.92 bits per heavy atom. The molecule has 0 N–H and O–H groups in total. The van der Waals surface area contributed by atoms with E-state index >= 15 is 0 Å². The van der Waals surface area contributed by atoms with Crippen molar-refractivity contribution >= 4 is 5.57 Å². The van der Waals surface area contributed by atoms with Crippen LogP contribution in [0.1, 0.15) is 12.5 Å². The van der Waals surface area contributed by atoms with E-state index in [-0.39, 0.29) is 0 Å². The van der Waals surface area contributed by atoms with Gasteiger partial charge in [0.15, 0.2) is 0 Å². The summed E-state index contributed by atoms with van der Waals surface area (Å²) in [5.74, 6) is 0.630. The Hall–Kier alpha value is -1.31. The highest BCUT2D eigenvalue weighted by atomic mass is 19.1. The minimum atomic E-state index is -1.29. The topological polar surface area (TPSA) is 9.23 Å². The molecule has 1 heterocycles. The summed E-state index contributed by atoms with van der Waals surface area (Å²) in [6, 6.07) is 7.45. The van der Waals surface area contributed by atoms with Crippen molar-refractivity contribution in [2.24, 2.45) is 0 Å². The van der Waals surface area contributed by atoms with E-state index in [1.165, 1.54) is 6.08 Å². The van der Waals surface area contributed by atoms with Crippen LogP contribution in [0.2, 0.25) is 0 Å². The van der Waals surface area contributed by atoms with Gasteiger partial charge in [-0.05, 0) is 24.6 Å². The number of alkyl halides is 1. The fourth-order valence-electron chi connectivity index (χ4n) is 1.34. The number of rotatable bonds is 0. The maximum absolute atomic E-state index is 12.8. The Kier molecular flexibility index (Phi) is 1.61. The molecule has 1 unspecified atom stereocenters. The summed E-state index contributed by atoms with van der Waals surface area (Å²) in [7, 11) is 0. The molecule has 1 atom stereocenters. The molecule has 0 spiro atoms. The molecule has 1 aliphatic rings. The standard InChI is InChI=1S/C10H9FO/c1-7-6-10(11)12-9-5-3-2-4-8(7)9/h2-6,10H,1H3. The van der Waals surface area contributed by atoms with Crippen LogP contribution in [0.5, 0.6) is 5.75 Å². The van der Waals surface area contributed by atoms with Gasteiger partial charge >= 0.3 is 0 Å². The maximum atomic E-state index is 12.8. The SMILES string of the molecule is CC1=CC(F)Oc2ccccc21. The molecule has 0 radical (unpaired) electrons. The first kappa shape index (κ1) is 7.35. The Morgan fingerprint density at radius 2 is 2.08 bits per heavy atom. The molecular formula is C10H9FO. The number of halogens is 1. The second-order valence-corrected chi connectivity index (χ2v) is 2.81. The van der Waals surface area contributed by atoms with Crippen molar-refractivity contribution in [3.8, 4) is 5.75 Å². The lowest BCUT2D eigenvalue weighted by molar-refractivity contribution is 0.110. The summed E-state index contributed by atoms with van der Waals surface area (Å²) in [4.78, 5) is 0. The molecule has 62 valence electrons. The van der Waals surface area contributed by atoms with E-state index in [1.54, 1.807) is 6.07 Å². The van der Waals surface area contributed by atoms with E-state index in [9.17, 15) is 4.39 Å². The van der Waals surface area contributed by atoms with E-state index in [4.69, 9.17) is 4.74 Å². The smallest absolute Gasteiger partial charge is 0.258 e. The summed E-state index contributed by atoms with van der Waals surface area (Å²) in [6.07, 6.45) is 0.183. The highest BCUT2D eigenvalue weighted by Gasteiger charge is 2.15. The third kappa shape index (κ3) is 1.09. The molecule has 0 fully saturated rings. The largest absolute Gasteiger partial charge is 0.456 e. The molecule has 1 aromatic rings. The zero-order chi connectivity index (χ0) is 8.55. The first-order valence-corrected chi connectivity index (χ1v) is 3.86. The van der Waals surface area contributed by atoms with Crippen LogP contribution in [-0.2, 0) is 0 Å². The number of fused-ring (bicyclic) bond motifs is 1. The van der Waals surface area contributed by atoms with Crippen LogP contribution >= 0.6 is 0 Å². The lowest BCUT2D eigenvalue weighted by Gasteiger charge is -2.18. The number of hydrogen-bond acceptors (Lipinski definition) is 1. The molecule has 2 heteroatoms. The van der Waals surface area contributed by atoms with Crippen LogP contribution in [0.25, 0.3) is 5.57 Å². The van der Waals surface area contributed by atoms with Crippen LogP contribution in [0.4, 0.5) is 4.39 Å². The monoisotopic (exact) mass is 164 g/mol. The molecule has 1 aromatic carbocycles. The van der Waals surface area contributed by atoms with Crippen LogP contribution in [0, 0.1) is 0 Å². The Balaban J connectivity index is 2.53. The molecule has 0 saturated heterocycles. The van der Waals surface area contributed by atoms with Gasteiger partial charge < -0.3 is 4.74 Å². The second-order valence-electron chi connectivity index (χ2n) is 2.81. The fourth-order valence-corrected chi connectivity index (χ4v) is 1.34. The van der Waals surface area contributed by atoms with Crippen LogP contribution in [-0.4, -0.2) is 6.36 Å². The molecule has 1 aliphatic heterocycles. The van der Waals surface area contributed by atoms with Crippen LogP contribution in [0.15, 0.2) is 30.3 Å². The fraction of sp³-hybridized carbons (Fsp3) is 0.200. The summed E-state index contributed by atoms with van der Waals surface area (Å²) in [5.41, 5.74) is 1.91. The summed E-state index contributed by atoms with van der Waals surface area (Å²) in [6.45, 7) is 1.88. The quantitative estimate of drug-likeness (QED) is 0.573. The van der Waals surface area contributed by atoms with Gasteiger partial charge in [0.25, 0.3) is 6.36 Å². The Morgan fingerprint density at radius 1 is 1.33 bits per heavy atom. The Bertz CT molecular complexity index is 330. The van der Waals surface area contributed by atoms with Gasteiger partial charge in [-0.3, -0.25) is 0 Å². The van der Waals surface area contributed by atoms with Crippen molar-refractivity contribution < 1.29 is 9.13 Å². The third-order valence-electron chi connectivity index (χ3n) is 1.93. The summed E-state index contributed by atoms with van der Waals surface area (Å²) in [5, 5.41) is 0. The van der Waals surface area contributed by atoms with E-state index in [0.29, 0.717) is 5.75 Å². The van der Waals surface area contributed by atoms with Crippen molar-refractivity contribution in [3.05, 3.63) is 35.9 Å². The van der Waals surface area contributed by atoms with Gasteiger partial charge in [0, 0.05) is 5.56 Å². The van der Waals surface area contributed by atoms with Gasteiger partial charge in [0.05, 0.1) is 0 Å². The van der Waals surface area contributed by atoms with E-state index in [0.717, 1.165) is 11.1 Å². The van der Waals surface area contributed by atoms with Gasteiger partial charge in [-0.2, -0.15) is 4.39 Å². The van der Waals surface area contributed by atoms with Crippen molar-refractivity contribution in [1.82, 2.24) is 0 Å². The highest BCUT2D eigenvalue weighted by Crippen LogP contribution is 2.31. The van der Waals surface area contributed by atoms with Gasteiger partial charge in [-0.15, -0.1) is 0 Å². The van der Waals surface area contributed by atoms with Gasteiger partial charge in [-0.25, -0.2) is 0 Å². The van der Waals surface area contributed by atoms with E-state index in [1.807, 2.05) is 25.1 Å². The predicted molar refractivity (Wildman–Crippen MR) is 45.6 cm³/mol. The zero-order valence-electron chi connectivity index (χ0n) is 6.75. The summed E-state index contributed by atoms with van der Waals surface area (Å²) >= 11 is 0. The molecule has 2 rings (SSSR count). The minimum Gasteiger partial charge on any atom is -0.456 e.